The number of allylic oxidation sites excluding steroid dienone is 2. The monoisotopic (exact) mass is 410 g/mol. The van der Waals surface area contributed by atoms with Crippen molar-refractivity contribution in [2.45, 2.75) is 38.9 Å². The molecule has 31 heavy (non-hydrogen) atoms. The second-order valence-electron chi connectivity index (χ2n) is 9.11. The van der Waals surface area contributed by atoms with Gasteiger partial charge < -0.3 is 20.2 Å². The van der Waals surface area contributed by atoms with Gasteiger partial charge in [0, 0.05) is 5.56 Å². The van der Waals surface area contributed by atoms with E-state index in [-0.39, 0.29) is 18.3 Å². The van der Waals surface area contributed by atoms with Gasteiger partial charge in [-0.25, -0.2) is 0 Å². The minimum absolute atomic E-state index is 0.368. The first-order valence-corrected chi connectivity index (χ1v) is 10.7. The lowest BCUT2D eigenvalue weighted by Gasteiger charge is -2.32. The highest BCUT2D eigenvalue weighted by Crippen LogP contribution is 2.37. The van der Waals surface area contributed by atoms with Crippen molar-refractivity contribution >= 4 is 34.7 Å². The number of hydrogen-bond acceptors (Lipinski definition) is 4. The molecular formula is C26H27BN2O2. The fraction of sp³-hybridized carbons (Fsp3) is 0.231. The number of hydrazine groups is 1. The third kappa shape index (κ3) is 3.44. The smallest absolute Gasteiger partial charge is 0.399 e. The molecule has 0 aliphatic carbocycles. The van der Waals surface area contributed by atoms with Gasteiger partial charge in [0.05, 0.1) is 22.6 Å². The molecule has 3 aromatic rings. The molecule has 0 unspecified atom stereocenters. The van der Waals surface area contributed by atoms with Crippen LogP contribution in [0.5, 0.6) is 0 Å². The molecule has 0 bridgehead atoms. The topological polar surface area (TPSA) is 42.5 Å². The normalized spacial score (nSPS) is 19.4. The summed E-state index contributed by atoms with van der Waals surface area (Å²) in [6, 6.07) is 23.0. The van der Waals surface area contributed by atoms with E-state index in [2.05, 4.69) is 99.2 Å². The van der Waals surface area contributed by atoms with Crippen LogP contribution in [0.25, 0.3) is 22.2 Å². The summed E-state index contributed by atoms with van der Waals surface area (Å²) in [5, 5.41) is 2.30. The van der Waals surface area contributed by atoms with E-state index in [1.807, 2.05) is 18.2 Å². The molecule has 2 aliphatic rings. The lowest BCUT2D eigenvalue weighted by molar-refractivity contribution is 0.00578. The minimum Gasteiger partial charge on any atom is -0.399 e. The van der Waals surface area contributed by atoms with Crippen LogP contribution in [-0.2, 0) is 9.31 Å². The number of rotatable bonds is 3. The fourth-order valence-electron chi connectivity index (χ4n) is 4.07. The third-order valence-corrected chi connectivity index (χ3v) is 6.59. The Morgan fingerprint density at radius 2 is 1.26 bits per heavy atom. The van der Waals surface area contributed by atoms with Gasteiger partial charge in [0.2, 0.25) is 0 Å². The second-order valence-corrected chi connectivity index (χ2v) is 9.11. The SMILES string of the molecule is CC1(C)OB(c2cccc3c(C4=CC=C(c5ccccc5)NN4)cccc23)OC1(C)C. The summed E-state index contributed by atoms with van der Waals surface area (Å²) >= 11 is 0. The molecule has 0 saturated carbocycles. The van der Waals surface area contributed by atoms with Gasteiger partial charge in [-0.1, -0.05) is 66.7 Å². The van der Waals surface area contributed by atoms with E-state index in [4.69, 9.17) is 9.31 Å². The van der Waals surface area contributed by atoms with Crippen LogP contribution >= 0.6 is 0 Å². The summed E-state index contributed by atoms with van der Waals surface area (Å²) in [5.41, 5.74) is 11.4. The second kappa shape index (κ2) is 7.29. The van der Waals surface area contributed by atoms with Crippen LogP contribution in [0.3, 0.4) is 0 Å². The Hall–Kier alpha value is -3.02. The summed E-state index contributed by atoms with van der Waals surface area (Å²) in [4.78, 5) is 0. The van der Waals surface area contributed by atoms with Gasteiger partial charge in [-0.3, -0.25) is 0 Å². The highest BCUT2D eigenvalue weighted by molar-refractivity contribution is 6.65. The van der Waals surface area contributed by atoms with E-state index in [0.29, 0.717) is 0 Å². The average Bonchev–Trinajstić information content (AvgIpc) is 3.00. The quantitative estimate of drug-likeness (QED) is 0.618. The maximum Gasteiger partial charge on any atom is 0.495 e. The van der Waals surface area contributed by atoms with Crippen molar-refractivity contribution in [3.63, 3.8) is 0 Å². The Labute approximate surface area is 184 Å². The molecule has 2 heterocycles. The van der Waals surface area contributed by atoms with E-state index in [1.54, 1.807) is 0 Å². The zero-order valence-corrected chi connectivity index (χ0v) is 18.4. The summed E-state index contributed by atoms with van der Waals surface area (Å²) in [6.45, 7) is 8.34. The van der Waals surface area contributed by atoms with Crippen molar-refractivity contribution < 1.29 is 9.31 Å². The molecule has 0 atom stereocenters. The highest BCUT2D eigenvalue weighted by Gasteiger charge is 2.52. The predicted molar refractivity (Wildman–Crippen MR) is 128 cm³/mol. The van der Waals surface area contributed by atoms with E-state index in [0.717, 1.165) is 38.8 Å². The Morgan fingerprint density at radius 3 is 1.94 bits per heavy atom. The Kier molecular flexibility index (Phi) is 4.69. The van der Waals surface area contributed by atoms with Crippen molar-refractivity contribution in [1.29, 1.82) is 0 Å². The zero-order chi connectivity index (χ0) is 21.6. The lowest BCUT2D eigenvalue weighted by Crippen LogP contribution is -2.41. The number of hydrogen-bond donors (Lipinski definition) is 2. The molecule has 1 saturated heterocycles. The number of benzene rings is 3. The largest absolute Gasteiger partial charge is 0.495 e. The molecule has 2 N–H and O–H groups in total. The first-order valence-electron chi connectivity index (χ1n) is 10.7. The van der Waals surface area contributed by atoms with E-state index in [9.17, 15) is 0 Å². The van der Waals surface area contributed by atoms with Crippen LogP contribution in [-0.4, -0.2) is 18.3 Å². The molecule has 0 spiro atoms. The first kappa shape index (κ1) is 19.9. The lowest BCUT2D eigenvalue weighted by atomic mass is 9.75. The van der Waals surface area contributed by atoms with Gasteiger partial charge in [0.15, 0.2) is 0 Å². The summed E-state index contributed by atoms with van der Waals surface area (Å²) < 4.78 is 12.7. The maximum absolute atomic E-state index is 6.33. The summed E-state index contributed by atoms with van der Waals surface area (Å²) in [6.07, 6.45) is 4.23. The summed E-state index contributed by atoms with van der Waals surface area (Å²) in [5.74, 6) is 0. The van der Waals surface area contributed by atoms with Crippen LogP contribution in [0.1, 0.15) is 38.8 Å². The van der Waals surface area contributed by atoms with Crippen molar-refractivity contribution in [1.82, 2.24) is 10.9 Å². The first-order chi connectivity index (χ1) is 14.9. The highest BCUT2D eigenvalue weighted by atomic mass is 16.7. The number of fused-ring (bicyclic) bond motifs is 1. The Bertz CT molecular complexity index is 1180. The molecule has 5 rings (SSSR count). The zero-order valence-electron chi connectivity index (χ0n) is 18.4. The molecule has 5 heteroatoms. The van der Waals surface area contributed by atoms with Gasteiger partial charge in [-0.05, 0) is 61.6 Å². The van der Waals surface area contributed by atoms with Crippen molar-refractivity contribution in [3.8, 4) is 0 Å². The van der Waals surface area contributed by atoms with Crippen LogP contribution in [0.15, 0.2) is 78.9 Å². The van der Waals surface area contributed by atoms with Gasteiger partial charge in [-0.2, -0.15) is 0 Å². The molecule has 1 fully saturated rings. The van der Waals surface area contributed by atoms with Gasteiger partial charge in [-0.15, -0.1) is 0 Å². The van der Waals surface area contributed by atoms with E-state index in [1.165, 1.54) is 0 Å². The molecule has 0 aromatic heterocycles. The van der Waals surface area contributed by atoms with E-state index < -0.39 is 0 Å². The summed E-state index contributed by atoms with van der Waals surface area (Å²) in [7, 11) is -0.389. The molecule has 0 radical (unpaired) electrons. The molecular weight excluding hydrogens is 383 g/mol. The molecule has 3 aromatic carbocycles. The van der Waals surface area contributed by atoms with Crippen molar-refractivity contribution in [3.05, 3.63) is 90.0 Å². The average molecular weight is 410 g/mol. The molecule has 4 nitrogen and oxygen atoms in total. The number of nitrogens with one attached hydrogen (secondary N) is 2. The van der Waals surface area contributed by atoms with Crippen molar-refractivity contribution in [2.75, 3.05) is 0 Å². The van der Waals surface area contributed by atoms with Gasteiger partial charge in [0.1, 0.15) is 0 Å². The maximum atomic E-state index is 6.33. The Balaban J connectivity index is 1.53. The van der Waals surface area contributed by atoms with Crippen LogP contribution < -0.4 is 16.3 Å². The van der Waals surface area contributed by atoms with E-state index >= 15 is 0 Å². The van der Waals surface area contributed by atoms with Crippen molar-refractivity contribution in [2.24, 2.45) is 0 Å². The van der Waals surface area contributed by atoms with Crippen LogP contribution in [0.2, 0.25) is 0 Å². The third-order valence-electron chi connectivity index (χ3n) is 6.59. The molecule has 0 amide bonds. The van der Waals surface area contributed by atoms with Gasteiger partial charge in [0.25, 0.3) is 0 Å². The predicted octanol–water partition coefficient (Wildman–Crippen LogP) is 4.63. The standard InChI is InChI=1S/C26H27BN2O2/c1-25(2)26(3,4)31-27(30-25)22-15-9-12-19-20(22)13-8-14-21(19)24-17-16-23(28-29-24)18-10-6-5-7-11-18/h5-17,28-29H,1-4H3. The molecule has 156 valence electrons. The minimum atomic E-state index is -0.389. The molecule has 2 aliphatic heterocycles. The van der Waals surface area contributed by atoms with Crippen LogP contribution in [0.4, 0.5) is 0 Å². The van der Waals surface area contributed by atoms with Crippen LogP contribution in [0, 0.1) is 0 Å². The Morgan fingerprint density at radius 1 is 0.645 bits per heavy atom. The van der Waals surface area contributed by atoms with Gasteiger partial charge >= 0.3 is 7.12 Å². The fourth-order valence-corrected chi connectivity index (χ4v) is 4.07.